The van der Waals surface area contributed by atoms with Gasteiger partial charge in [-0.3, -0.25) is 24.5 Å². The number of nitrogens with two attached hydrogens (primary N) is 1. The van der Waals surface area contributed by atoms with Crippen LogP contribution in [0.25, 0.3) is 33.0 Å². The molecule has 10 rings (SSSR count). The molecule has 4 aliphatic carbocycles. The number of nitrogen functional groups attached to an aromatic ring is 1. The van der Waals surface area contributed by atoms with Gasteiger partial charge in [-0.15, -0.1) is 12.8 Å². The van der Waals surface area contributed by atoms with Crippen LogP contribution in [0, 0.1) is 71.8 Å². The predicted molar refractivity (Wildman–Crippen MR) is 246 cm³/mol. The maximum atomic E-state index is 13.8. The van der Waals surface area contributed by atoms with Crippen molar-refractivity contribution in [1.82, 2.24) is 19.9 Å². The molecule has 0 unspecified atom stereocenters. The first-order valence-corrected chi connectivity index (χ1v) is 21.7. The molecular weight excluding hydrogens is 812 g/mol. The van der Waals surface area contributed by atoms with Gasteiger partial charge in [0.05, 0.1) is 11.0 Å². The lowest BCUT2D eigenvalue weighted by Gasteiger charge is -2.12. The van der Waals surface area contributed by atoms with E-state index >= 15 is 0 Å². The summed E-state index contributed by atoms with van der Waals surface area (Å²) in [6, 6.07) is 20.6. The molecule has 6 aromatic rings. The molecule has 0 bridgehead atoms. The van der Waals surface area contributed by atoms with Crippen molar-refractivity contribution < 1.29 is 18.4 Å². The van der Waals surface area contributed by atoms with Crippen LogP contribution in [0.3, 0.4) is 0 Å². The molecular formula is C53H46ClF2N5O2. The quantitative estimate of drug-likeness (QED) is 0.120. The van der Waals surface area contributed by atoms with Gasteiger partial charge in [-0.1, -0.05) is 24.0 Å². The van der Waals surface area contributed by atoms with Crippen molar-refractivity contribution in [2.45, 2.75) is 57.8 Å². The molecule has 316 valence electrons. The number of Topliss-reactive ketones (excluding diaryl/α,β-unsaturated/α-hetero) is 1. The van der Waals surface area contributed by atoms with Crippen molar-refractivity contribution in [3.8, 4) is 24.7 Å². The zero-order valence-electron chi connectivity index (χ0n) is 34.7. The summed E-state index contributed by atoms with van der Waals surface area (Å²) in [6.07, 6.45) is 29.5. The molecule has 4 heterocycles. The molecule has 2 aromatic carbocycles. The van der Waals surface area contributed by atoms with E-state index in [0.29, 0.717) is 60.6 Å². The van der Waals surface area contributed by atoms with Gasteiger partial charge in [0, 0.05) is 71.6 Å². The zero-order chi connectivity index (χ0) is 44.0. The smallest absolute Gasteiger partial charge is 0.221 e. The molecule has 4 aliphatic rings. The fraction of sp³-hybridized carbons (Fsp3) is 0.283. The average molecular weight is 858 g/mol. The monoisotopic (exact) mass is 857 g/mol. The van der Waals surface area contributed by atoms with Crippen LogP contribution in [-0.4, -0.2) is 31.0 Å². The molecule has 10 heteroatoms. The van der Waals surface area contributed by atoms with Crippen molar-refractivity contribution in [2.75, 3.05) is 5.73 Å². The second kappa shape index (κ2) is 19.2. The minimum Gasteiger partial charge on any atom is -0.384 e. The number of rotatable bonds is 8. The number of carbonyl (C=O) groups is 2. The van der Waals surface area contributed by atoms with Crippen LogP contribution in [0.15, 0.2) is 110 Å². The summed E-state index contributed by atoms with van der Waals surface area (Å²) in [4.78, 5) is 40.4. The van der Waals surface area contributed by atoms with E-state index < -0.39 is 0 Å². The third kappa shape index (κ3) is 10.4. The summed E-state index contributed by atoms with van der Waals surface area (Å²) >= 11 is 5.52. The molecule has 2 fully saturated rings. The van der Waals surface area contributed by atoms with Crippen LogP contribution >= 0.6 is 11.6 Å². The summed E-state index contributed by atoms with van der Waals surface area (Å²) in [7, 11) is 0. The number of benzene rings is 2. The first-order chi connectivity index (χ1) is 30.5. The lowest BCUT2D eigenvalue weighted by molar-refractivity contribution is -0.119. The molecule has 0 aliphatic heterocycles. The Morgan fingerprint density at radius 3 is 1.65 bits per heavy atom. The van der Waals surface area contributed by atoms with Gasteiger partial charge in [-0.05, 0) is 181 Å². The van der Waals surface area contributed by atoms with Gasteiger partial charge in [0.1, 0.15) is 23.2 Å². The van der Waals surface area contributed by atoms with Gasteiger partial charge < -0.3 is 5.73 Å². The number of terminal acetylenes is 2. The molecule has 2 saturated carbocycles. The number of anilines is 1. The fourth-order valence-electron chi connectivity index (χ4n) is 10.1. The lowest BCUT2D eigenvalue weighted by Crippen LogP contribution is -2.10. The summed E-state index contributed by atoms with van der Waals surface area (Å²) < 4.78 is 27.4. The number of fused-ring (bicyclic) bond motifs is 4. The molecule has 0 radical (unpaired) electrons. The molecule has 6 atom stereocenters. The topological polar surface area (TPSA) is 112 Å². The summed E-state index contributed by atoms with van der Waals surface area (Å²) in [5.41, 5.74) is 14.0. The van der Waals surface area contributed by atoms with E-state index in [-0.39, 0.29) is 22.7 Å². The summed E-state index contributed by atoms with van der Waals surface area (Å²) in [5.74, 6) is 8.26. The van der Waals surface area contributed by atoms with E-state index in [9.17, 15) is 18.4 Å². The van der Waals surface area contributed by atoms with E-state index in [2.05, 4.69) is 43.9 Å². The van der Waals surface area contributed by atoms with E-state index in [0.717, 1.165) is 88.3 Å². The Kier molecular flexibility index (Phi) is 13.2. The number of carbonyl (C=O) groups excluding carboxylic acids is 2. The van der Waals surface area contributed by atoms with Gasteiger partial charge in [0.2, 0.25) is 5.24 Å². The van der Waals surface area contributed by atoms with Crippen LogP contribution < -0.4 is 5.73 Å². The van der Waals surface area contributed by atoms with E-state index in [4.69, 9.17) is 30.2 Å². The van der Waals surface area contributed by atoms with Crippen molar-refractivity contribution >= 4 is 61.4 Å². The number of hydrogen-bond acceptors (Lipinski definition) is 7. The van der Waals surface area contributed by atoms with Gasteiger partial charge in [0.25, 0.3) is 0 Å². The summed E-state index contributed by atoms with van der Waals surface area (Å²) in [5, 5.41) is 1.53. The highest BCUT2D eigenvalue weighted by Crippen LogP contribution is 2.51. The standard InChI is InChI=1S/C27H23FN2O.C19H17ClFNO.C7H6N2/c1-2-17-3-5-23(30-16-17)15-24(31)11-18-9-19-12-21(13-20(19)10-18)25-7-8-29-27-6-4-22(28)14-26(25)27;20-19(23)7-11-5-12-8-14(9-13(12)6-11)16-3-4-22-18-2-1-15(21)10-17(16)18;1-2-6-3-4-7(8)9-5-6/h1,3-8,12,14,16,18-20H,9-11,13,15H2;1-4,8,10-13H,5-7,9H2;1,3-5H,(H2,8,9)/t18-,19-,20+;11-,12-,13+;/m00./s1. The Bertz CT molecular complexity index is 2830. The molecule has 63 heavy (non-hydrogen) atoms. The van der Waals surface area contributed by atoms with Crippen molar-refractivity contribution in [3.05, 3.63) is 149 Å². The highest BCUT2D eigenvalue weighted by molar-refractivity contribution is 6.63. The van der Waals surface area contributed by atoms with E-state index in [1.165, 1.54) is 23.3 Å². The largest absolute Gasteiger partial charge is 0.384 e. The Balaban J connectivity index is 0.000000149. The van der Waals surface area contributed by atoms with Crippen LogP contribution in [0.1, 0.15) is 79.3 Å². The third-order valence-electron chi connectivity index (χ3n) is 12.9. The van der Waals surface area contributed by atoms with E-state index in [1.807, 2.05) is 24.3 Å². The van der Waals surface area contributed by atoms with E-state index in [1.54, 1.807) is 61.2 Å². The van der Waals surface area contributed by atoms with Crippen LogP contribution in [0.5, 0.6) is 0 Å². The highest BCUT2D eigenvalue weighted by atomic mass is 35.5. The normalized spacial score (nSPS) is 21.7. The third-order valence-corrected chi connectivity index (χ3v) is 13.0. The van der Waals surface area contributed by atoms with Gasteiger partial charge in [0.15, 0.2) is 0 Å². The Labute approximate surface area is 371 Å². The van der Waals surface area contributed by atoms with Crippen LogP contribution in [-0.2, 0) is 16.0 Å². The van der Waals surface area contributed by atoms with Crippen molar-refractivity contribution in [3.63, 3.8) is 0 Å². The fourth-order valence-corrected chi connectivity index (χ4v) is 10.3. The van der Waals surface area contributed by atoms with Crippen LogP contribution in [0.4, 0.5) is 14.6 Å². The number of halogens is 3. The Morgan fingerprint density at radius 2 is 1.19 bits per heavy atom. The molecule has 4 aromatic heterocycles. The Hall–Kier alpha value is -6.55. The Morgan fingerprint density at radius 1 is 0.667 bits per heavy atom. The SMILES string of the molecule is C#Cc1ccc(CC(=O)C[C@@H]2C[C@@H]3CC(c4ccnc5ccc(F)cc45)=C[C@@H]3C2)nc1.C#Cc1ccc(N)nc1.O=C(Cl)C[C@@H]1C[C@@H]2CC(c3ccnc4ccc(F)cc34)=C[C@@H]2C1. The number of ketones is 1. The molecule has 0 spiro atoms. The van der Waals surface area contributed by atoms with Crippen LogP contribution in [0.2, 0.25) is 0 Å². The number of pyridine rings is 4. The number of aromatic nitrogens is 4. The molecule has 0 saturated heterocycles. The number of hydrogen-bond donors (Lipinski definition) is 1. The molecule has 7 nitrogen and oxygen atoms in total. The van der Waals surface area contributed by atoms with Gasteiger partial charge in [-0.25, -0.2) is 13.8 Å². The van der Waals surface area contributed by atoms with Crippen molar-refractivity contribution in [2.24, 2.45) is 35.5 Å². The number of allylic oxidation sites excluding steroid dienone is 4. The maximum Gasteiger partial charge on any atom is 0.221 e. The summed E-state index contributed by atoms with van der Waals surface area (Å²) in [6.45, 7) is 0. The first-order valence-electron chi connectivity index (χ1n) is 21.3. The molecule has 2 N–H and O–H groups in total. The predicted octanol–water partition coefficient (Wildman–Crippen LogP) is 11.0. The van der Waals surface area contributed by atoms with Gasteiger partial charge in [-0.2, -0.15) is 0 Å². The first kappa shape index (κ1) is 43.1. The second-order valence-corrected chi connectivity index (χ2v) is 17.6. The zero-order valence-corrected chi connectivity index (χ0v) is 35.4. The van der Waals surface area contributed by atoms with Crippen molar-refractivity contribution in [1.29, 1.82) is 0 Å². The number of nitrogens with zero attached hydrogens (tertiary/aromatic N) is 4. The molecule has 0 amide bonds. The minimum atomic E-state index is -0.234. The highest BCUT2D eigenvalue weighted by Gasteiger charge is 2.39. The van der Waals surface area contributed by atoms with Gasteiger partial charge >= 0.3 is 0 Å². The second-order valence-electron chi connectivity index (χ2n) is 17.1. The average Bonchev–Trinajstić information content (AvgIpc) is 4.05. The lowest BCUT2D eigenvalue weighted by atomic mass is 9.93. The minimum absolute atomic E-state index is 0.227. The maximum absolute atomic E-state index is 13.8.